The summed E-state index contributed by atoms with van der Waals surface area (Å²) in [7, 11) is 0. The van der Waals surface area contributed by atoms with E-state index in [-0.39, 0.29) is 0 Å². The van der Waals surface area contributed by atoms with Crippen LogP contribution >= 0.6 is 0 Å². The first-order valence-corrected chi connectivity index (χ1v) is 11.3. The predicted octanol–water partition coefficient (Wildman–Crippen LogP) is 3.39. The van der Waals surface area contributed by atoms with Gasteiger partial charge in [-0.1, -0.05) is 32.1 Å². The molecule has 2 aliphatic heterocycles. The number of rotatable bonds is 5. The van der Waals surface area contributed by atoms with Crippen LogP contribution in [0.2, 0.25) is 0 Å². The zero-order valence-corrected chi connectivity index (χ0v) is 17.4. The minimum Gasteiger partial charge on any atom is -0.356 e. The molecule has 1 aromatic rings. The molecule has 154 valence electrons. The zero-order chi connectivity index (χ0) is 19.3. The van der Waals surface area contributed by atoms with Crippen LogP contribution in [0.3, 0.4) is 0 Å². The first-order valence-electron chi connectivity index (χ1n) is 11.3. The van der Waals surface area contributed by atoms with Crippen LogP contribution in [0.4, 0.5) is 11.8 Å². The predicted molar refractivity (Wildman–Crippen MR) is 113 cm³/mol. The van der Waals surface area contributed by atoms with Crippen molar-refractivity contribution in [3.05, 3.63) is 11.8 Å². The topological polar surface area (TPSA) is 52.6 Å². The highest BCUT2D eigenvalue weighted by atomic mass is 16.2. The van der Waals surface area contributed by atoms with Crippen molar-refractivity contribution < 1.29 is 4.79 Å². The number of aryl methyl sites for hydroxylation is 1. The van der Waals surface area contributed by atoms with Gasteiger partial charge in [-0.3, -0.25) is 4.79 Å². The Kier molecular flexibility index (Phi) is 6.33. The molecule has 0 spiro atoms. The highest BCUT2D eigenvalue weighted by Gasteiger charge is 2.25. The van der Waals surface area contributed by atoms with Gasteiger partial charge in [0, 0.05) is 57.4 Å². The number of carbonyl (C=O) groups is 1. The number of nitrogens with zero attached hydrogens (tertiary/aromatic N) is 5. The first-order chi connectivity index (χ1) is 13.7. The van der Waals surface area contributed by atoms with E-state index in [0.29, 0.717) is 5.91 Å². The summed E-state index contributed by atoms with van der Waals surface area (Å²) < 4.78 is 0. The van der Waals surface area contributed by atoms with Gasteiger partial charge in [-0.2, -0.15) is 4.98 Å². The van der Waals surface area contributed by atoms with Crippen LogP contribution in [0, 0.1) is 12.8 Å². The Labute approximate surface area is 169 Å². The fourth-order valence-electron chi connectivity index (χ4n) is 4.90. The molecule has 3 fully saturated rings. The Hall–Kier alpha value is -1.85. The van der Waals surface area contributed by atoms with Gasteiger partial charge < -0.3 is 14.7 Å². The summed E-state index contributed by atoms with van der Waals surface area (Å²) in [5, 5.41) is 0. The summed E-state index contributed by atoms with van der Waals surface area (Å²) in [6.07, 6.45) is 11.0. The average molecular weight is 386 g/mol. The summed E-state index contributed by atoms with van der Waals surface area (Å²) in [6.45, 7) is 7.49. The van der Waals surface area contributed by atoms with E-state index >= 15 is 0 Å². The van der Waals surface area contributed by atoms with Gasteiger partial charge in [-0.25, -0.2) is 4.98 Å². The normalized spacial score (nSPS) is 21.4. The lowest BCUT2D eigenvalue weighted by molar-refractivity contribution is -0.131. The smallest absolute Gasteiger partial charge is 0.227 e. The lowest BCUT2D eigenvalue weighted by atomic mass is 9.86. The highest BCUT2D eigenvalue weighted by molar-refractivity contribution is 5.76. The molecule has 4 rings (SSSR count). The maximum absolute atomic E-state index is 12.6. The fourth-order valence-corrected chi connectivity index (χ4v) is 4.90. The summed E-state index contributed by atoms with van der Waals surface area (Å²) in [4.78, 5) is 28.8. The van der Waals surface area contributed by atoms with Crippen LogP contribution in [0.5, 0.6) is 0 Å². The number of aromatic nitrogens is 2. The zero-order valence-electron chi connectivity index (χ0n) is 17.4. The molecule has 1 saturated carbocycles. The third-order valence-corrected chi connectivity index (χ3v) is 6.67. The Morgan fingerprint density at radius 2 is 1.64 bits per heavy atom. The summed E-state index contributed by atoms with van der Waals surface area (Å²) in [5.74, 6) is 3.01. The van der Waals surface area contributed by atoms with Crippen molar-refractivity contribution in [2.75, 3.05) is 49.1 Å². The van der Waals surface area contributed by atoms with Gasteiger partial charge in [0.1, 0.15) is 5.82 Å². The highest BCUT2D eigenvalue weighted by Crippen LogP contribution is 2.28. The molecule has 6 nitrogen and oxygen atoms in total. The molecule has 0 N–H and O–H groups in total. The maximum atomic E-state index is 12.6. The van der Waals surface area contributed by atoms with Crippen molar-refractivity contribution in [2.24, 2.45) is 5.92 Å². The average Bonchev–Trinajstić information content (AvgIpc) is 3.27. The van der Waals surface area contributed by atoms with Crippen LogP contribution < -0.4 is 9.80 Å². The molecule has 1 aromatic heterocycles. The van der Waals surface area contributed by atoms with E-state index in [9.17, 15) is 4.79 Å². The van der Waals surface area contributed by atoms with Crippen molar-refractivity contribution in [2.45, 2.75) is 64.7 Å². The van der Waals surface area contributed by atoms with Crippen LogP contribution in [0.25, 0.3) is 0 Å². The molecular formula is C22H35N5O. The van der Waals surface area contributed by atoms with E-state index < -0.39 is 0 Å². The number of carbonyl (C=O) groups excluding carboxylic acids is 1. The van der Waals surface area contributed by atoms with Gasteiger partial charge in [-0.05, 0) is 32.1 Å². The maximum Gasteiger partial charge on any atom is 0.227 e. The van der Waals surface area contributed by atoms with Gasteiger partial charge >= 0.3 is 0 Å². The van der Waals surface area contributed by atoms with Crippen molar-refractivity contribution in [3.63, 3.8) is 0 Å². The van der Waals surface area contributed by atoms with Gasteiger partial charge in [0.2, 0.25) is 11.9 Å². The fraction of sp³-hybridized carbons (Fsp3) is 0.773. The van der Waals surface area contributed by atoms with Crippen LogP contribution in [0.1, 0.15) is 63.5 Å². The molecular weight excluding hydrogens is 350 g/mol. The first kappa shape index (κ1) is 19.5. The Morgan fingerprint density at radius 3 is 2.36 bits per heavy atom. The molecule has 28 heavy (non-hydrogen) atoms. The molecule has 1 aliphatic carbocycles. The number of amides is 1. The van der Waals surface area contributed by atoms with Crippen LogP contribution in [-0.4, -0.2) is 60.0 Å². The van der Waals surface area contributed by atoms with Crippen molar-refractivity contribution in [1.29, 1.82) is 0 Å². The molecule has 0 aromatic carbocycles. The van der Waals surface area contributed by atoms with Gasteiger partial charge in [0.25, 0.3) is 0 Å². The minimum absolute atomic E-state index is 0.341. The SMILES string of the molecule is Cc1cc(N2CCCC2)nc(N2CCN(C(=O)CCC3CCCCC3)CC2)n1. The monoisotopic (exact) mass is 385 g/mol. The minimum atomic E-state index is 0.341. The number of anilines is 2. The van der Waals surface area contributed by atoms with Gasteiger partial charge in [-0.15, -0.1) is 0 Å². The van der Waals surface area contributed by atoms with E-state index in [2.05, 4.69) is 32.7 Å². The molecule has 0 bridgehead atoms. The van der Waals surface area contributed by atoms with E-state index in [4.69, 9.17) is 4.98 Å². The van der Waals surface area contributed by atoms with E-state index in [0.717, 1.165) is 75.5 Å². The molecule has 3 heterocycles. The third kappa shape index (κ3) is 4.76. The molecule has 0 radical (unpaired) electrons. The van der Waals surface area contributed by atoms with E-state index in [1.807, 2.05) is 0 Å². The molecule has 1 amide bonds. The van der Waals surface area contributed by atoms with Crippen LogP contribution in [-0.2, 0) is 4.79 Å². The van der Waals surface area contributed by atoms with Crippen LogP contribution in [0.15, 0.2) is 6.07 Å². The van der Waals surface area contributed by atoms with Crippen molar-refractivity contribution >= 4 is 17.7 Å². The molecule has 0 unspecified atom stereocenters. The second kappa shape index (κ2) is 9.10. The summed E-state index contributed by atoms with van der Waals surface area (Å²) in [5.41, 5.74) is 1.03. The molecule has 6 heteroatoms. The lowest BCUT2D eigenvalue weighted by Gasteiger charge is -2.35. The Balaban J connectivity index is 1.29. The summed E-state index contributed by atoms with van der Waals surface area (Å²) in [6, 6.07) is 2.10. The quantitative estimate of drug-likeness (QED) is 0.778. The van der Waals surface area contributed by atoms with Gasteiger partial charge in [0.15, 0.2) is 0 Å². The molecule has 2 saturated heterocycles. The molecule has 3 aliphatic rings. The molecule has 0 atom stereocenters. The number of hydrogen-bond donors (Lipinski definition) is 0. The van der Waals surface area contributed by atoms with E-state index in [1.54, 1.807) is 0 Å². The second-order valence-electron chi connectivity index (χ2n) is 8.77. The summed E-state index contributed by atoms with van der Waals surface area (Å²) >= 11 is 0. The largest absolute Gasteiger partial charge is 0.356 e. The Bertz CT molecular complexity index is 659. The Morgan fingerprint density at radius 1 is 0.929 bits per heavy atom. The van der Waals surface area contributed by atoms with Gasteiger partial charge in [0.05, 0.1) is 0 Å². The lowest BCUT2D eigenvalue weighted by Crippen LogP contribution is -2.49. The third-order valence-electron chi connectivity index (χ3n) is 6.67. The van der Waals surface area contributed by atoms with Crippen molar-refractivity contribution in [1.82, 2.24) is 14.9 Å². The van der Waals surface area contributed by atoms with Crippen molar-refractivity contribution in [3.8, 4) is 0 Å². The number of piperazine rings is 1. The second-order valence-corrected chi connectivity index (χ2v) is 8.77. The van der Waals surface area contributed by atoms with E-state index in [1.165, 1.54) is 44.9 Å². The standard InChI is InChI=1S/C22H35N5O/c1-18-17-20(25-11-5-6-12-25)24-22(23-18)27-15-13-26(14-16-27)21(28)10-9-19-7-3-2-4-8-19/h17,19H,2-16H2,1H3. The number of hydrogen-bond acceptors (Lipinski definition) is 5.